The van der Waals surface area contributed by atoms with Gasteiger partial charge in [-0.3, -0.25) is 9.78 Å². The van der Waals surface area contributed by atoms with Crippen LogP contribution in [0, 0.1) is 0 Å². The SMILES string of the molecule is O=C(O)CC1CN(Cc2cccnc2)c2ccccc21. The lowest BCUT2D eigenvalue weighted by atomic mass is 9.98. The molecule has 102 valence electrons. The fourth-order valence-electron chi connectivity index (χ4n) is 2.83. The topological polar surface area (TPSA) is 53.4 Å². The fraction of sp³-hybridized carbons (Fsp3) is 0.250. The zero-order valence-corrected chi connectivity index (χ0v) is 11.1. The van der Waals surface area contributed by atoms with Gasteiger partial charge >= 0.3 is 5.97 Å². The Morgan fingerprint density at radius 3 is 2.90 bits per heavy atom. The highest BCUT2D eigenvalue weighted by Crippen LogP contribution is 2.38. The molecule has 0 saturated heterocycles. The molecule has 2 aromatic rings. The lowest BCUT2D eigenvalue weighted by Gasteiger charge is -2.19. The van der Waals surface area contributed by atoms with Crippen LogP contribution in [0.4, 0.5) is 5.69 Å². The number of anilines is 1. The molecule has 3 rings (SSSR count). The van der Waals surface area contributed by atoms with Crippen LogP contribution >= 0.6 is 0 Å². The molecule has 1 aliphatic heterocycles. The van der Waals surface area contributed by atoms with Gasteiger partial charge in [0, 0.05) is 37.1 Å². The molecule has 1 N–H and O–H groups in total. The summed E-state index contributed by atoms with van der Waals surface area (Å²) >= 11 is 0. The van der Waals surface area contributed by atoms with Crippen molar-refractivity contribution in [2.24, 2.45) is 0 Å². The van der Waals surface area contributed by atoms with E-state index in [0.717, 1.165) is 29.9 Å². The van der Waals surface area contributed by atoms with Gasteiger partial charge in [0.05, 0.1) is 6.42 Å². The first-order valence-electron chi connectivity index (χ1n) is 6.68. The van der Waals surface area contributed by atoms with Crippen molar-refractivity contribution < 1.29 is 9.90 Å². The molecule has 1 unspecified atom stereocenters. The van der Waals surface area contributed by atoms with Crippen LogP contribution < -0.4 is 4.90 Å². The average Bonchev–Trinajstić information content (AvgIpc) is 2.78. The average molecular weight is 268 g/mol. The number of nitrogens with zero attached hydrogens (tertiary/aromatic N) is 2. The van der Waals surface area contributed by atoms with Gasteiger partial charge in [-0.25, -0.2) is 0 Å². The van der Waals surface area contributed by atoms with E-state index in [1.165, 1.54) is 0 Å². The van der Waals surface area contributed by atoms with E-state index in [1.54, 1.807) is 6.20 Å². The molecule has 1 aromatic carbocycles. The van der Waals surface area contributed by atoms with Crippen LogP contribution in [0.2, 0.25) is 0 Å². The highest BCUT2D eigenvalue weighted by molar-refractivity contribution is 5.71. The quantitative estimate of drug-likeness (QED) is 0.926. The minimum absolute atomic E-state index is 0.0698. The number of hydrogen-bond donors (Lipinski definition) is 1. The van der Waals surface area contributed by atoms with E-state index in [1.807, 2.05) is 36.5 Å². The molecule has 0 aliphatic carbocycles. The number of aliphatic carboxylic acids is 1. The van der Waals surface area contributed by atoms with E-state index in [4.69, 9.17) is 5.11 Å². The van der Waals surface area contributed by atoms with E-state index < -0.39 is 5.97 Å². The van der Waals surface area contributed by atoms with Gasteiger partial charge in [-0.15, -0.1) is 0 Å². The number of fused-ring (bicyclic) bond motifs is 1. The number of hydrogen-bond acceptors (Lipinski definition) is 3. The van der Waals surface area contributed by atoms with Gasteiger partial charge in [0.25, 0.3) is 0 Å². The van der Waals surface area contributed by atoms with Gasteiger partial charge < -0.3 is 10.0 Å². The summed E-state index contributed by atoms with van der Waals surface area (Å²) in [6.07, 6.45) is 3.79. The van der Waals surface area contributed by atoms with E-state index in [0.29, 0.717) is 0 Å². The Bertz CT molecular complexity index is 613. The Hall–Kier alpha value is -2.36. The van der Waals surface area contributed by atoms with Crippen molar-refractivity contribution in [3.8, 4) is 0 Å². The molecule has 1 aromatic heterocycles. The highest BCUT2D eigenvalue weighted by Gasteiger charge is 2.29. The van der Waals surface area contributed by atoms with E-state index in [2.05, 4.69) is 16.0 Å². The monoisotopic (exact) mass is 268 g/mol. The van der Waals surface area contributed by atoms with Crippen LogP contribution in [0.5, 0.6) is 0 Å². The number of benzene rings is 1. The molecule has 1 atom stereocenters. The van der Waals surface area contributed by atoms with Gasteiger partial charge in [0.15, 0.2) is 0 Å². The number of para-hydroxylation sites is 1. The summed E-state index contributed by atoms with van der Waals surface area (Å²) in [5, 5.41) is 9.05. The standard InChI is InChI=1S/C16H16N2O2/c19-16(20)8-13-11-18(10-12-4-3-7-17-9-12)15-6-2-1-5-14(13)15/h1-7,9,13H,8,10-11H2,(H,19,20). The number of rotatable bonds is 4. The largest absolute Gasteiger partial charge is 0.481 e. The smallest absolute Gasteiger partial charge is 0.304 e. The van der Waals surface area contributed by atoms with Crippen molar-refractivity contribution >= 4 is 11.7 Å². The fourth-order valence-corrected chi connectivity index (χ4v) is 2.83. The number of carboxylic acid groups (broad SMARTS) is 1. The van der Waals surface area contributed by atoms with Crippen molar-refractivity contribution in [3.63, 3.8) is 0 Å². The summed E-state index contributed by atoms with van der Waals surface area (Å²) in [6.45, 7) is 1.52. The summed E-state index contributed by atoms with van der Waals surface area (Å²) in [6, 6.07) is 12.0. The summed E-state index contributed by atoms with van der Waals surface area (Å²) < 4.78 is 0. The second-order valence-corrected chi connectivity index (χ2v) is 5.10. The number of carbonyl (C=O) groups is 1. The zero-order chi connectivity index (χ0) is 13.9. The van der Waals surface area contributed by atoms with Gasteiger partial charge in [0.2, 0.25) is 0 Å². The van der Waals surface area contributed by atoms with Crippen molar-refractivity contribution in [1.82, 2.24) is 4.98 Å². The second kappa shape index (κ2) is 5.33. The van der Waals surface area contributed by atoms with Crippen LogP contribution in [0.25, 0.3) is 0 Å². The first-order valence-corrected chi connectivity index (χ1v) is 6.68. The second-order valence-electron chi connectivity index (χ2n) is 5.10. The molecule has 2 heterocycles. The minimum Gasteiger partial charge on any atom is -0.481 e. The third-order valence-electron chi connectivity index (χ3n) is 3.68. The molecule has 0 spiro atoms. The molecule has 0 radical (unpaired) electrons. The number of aromatic nitrogens is 1. The molecule has 4 nitrogen and oxygen atoms in total. The van der Waals surface area contributed by atoms with Crippen molar-refractivity contribution in [2.45, 2.75) is 18.9 Å². The summed E-state index contributed by atoms with van der Waals surface area (Å²) in [7, 11) is 0. The zero-order valence-electron chi connectivity index (χ0n) is 11.1. The Labute approximate surface area is 117 Å². The van der Waals surface area contributed by atoms with Crippen LogP contribution in [0.1, 0.15) is 23.5 Å². The Morgan fingerprint density at radius 2 is 2.15 bits per heavy atom. The van der Waals surface area contributed by atoms with Gasteiger partial charge in [-0.1, -0.05) is 24.3 Å². The summed E-state index contributed by atoms with van der Waals surface area (Å²) in [5.41, 5.74) is 3.42. The molecular weight excluding hydrogens is 252 g/mol. The van der Waals surface area contributed by atoms with Crippen molar-refractivity contribution in [1.29, 1.82) is 0 Å². The minimum atomic E-state index is -0.743. The molecule has 20 heavy (non-hydrogen) atoms. The third-order valence-corrected chi connectivity index (χ3v) is 3.68. The molecule has 0 amide bonds. The first kappa shape index (κ1) is 12.7. The predicted octanol–water partition coefficient (Wildman–Crippen LogP) is 2.66. The highest BCUT2D eigenvalue weighted by atomic mass is 16.4. The predicted molar refractivity (Wildman–Crippen MR) is 76.7 cm³/mol. The van der Waals surface area contributed by atoms with Crippen molar-refractivity contribution in [2.75, 3.05) is 11.4 Å². The van der Waals surface area contributed by atoms with Crippen LogP contribution in [0.3, 0.4) is 0 Å². The Kier molecular flexibility index (Phi) is 3.37. The normalized spacial score (nSPS) is 17.0. The number of carboxylic acids is 1. The molecule has 0 bridgehead atoms. The summed E-state index contributed by atoms with van der Waals surface area (Å²) in [4.78, 5) is 17.4. The van der Waals surface area contributed by atoms with Crippen LogP contribution in [0.15, 0.2) is 48.8 Å². The van der Waals surface area contributed by atoms with E-state index in [-0.39, 0.29) is 12.3 Å². The van der Waals surface area contributed by atoms with Gasteiger partial charge in [-0.05, 0) is 23.3 Å². The summed E-state index contributed by atoms with van der Waals surface area (Å²) in [5.74, 6) is -0.673. The van der Waals surface area contributed by atoms with Gasteiger partial charge in [0.1, 0.15) is 0 Å². The maximum atomic E-state index is 11.0. The van der Waals surface area contributed by atoms with Crippen molar-refractivity contribution in [3.05, 3.63) is 59.9 Å². The lowest BCUT2D eigenvalue weighted by Crippen LogP contribution is -2.22. The van der Waals surface area contributed by atoms with Gasteiger partial charge in [-0.2, -0.15) is 0 Å². The van der Waals surface area contributed by atoms with E-state index >= 15 is 0 Å². The lowest BCUT2D eigenvalue weighted by molar-refractivity contribution is -0.137. The van der Waals surface area contributed by atoms with E-state index in [9.17, 15) is 4.79 Å². The third kappa shape index (κ3) is 2.50. The molecule has 4 heteroatoms. The van der Waals surface area contributed by atoms with Crippen LogP contribution in [-0.2, 0) is 11.3 Å². The molecule has 0 fully saturated rings. The molecular formula is C16H16N2O2. The first-order chi connectivity index (χ1) is 9.74. The Morgan fingerprint density at radius 1 is 1.30 bits per heavy atom. The Balaban J connectivity index is 1.85. The van der Waals surface area contributed by atoms with Crippen LogP contribution in [-0.4, -0.2) is 22.6 Å². The molecule has 1 aliphatic rings. The molecule has 0 saturated carbocycles. The number of pyridine rings is 1. The maximum absolute atomic E-state index is 11.0. The maximum Gasteiger partial charge on any atom is 0.304 e.